The van der Waals surface area contributed by atoms with Crippen molar-refractivity contribution in [2.45, 2.75) is 19.6 Å². The van der Waals surface area contributed by atoms with Gasteiger partial charge in [0, 0.05) is 23.1 Å². The zero-order valence-electron chi connectivity index (χ0n) is 13.2. The molecule has 130 valence electrons. The molecule has 0 aliphatic carbocycles. The lowest BCUT2D eigenvalue weighted by molar-refractivity contribution is 0.00527. The van der Waals surface area contributed by atoms with Crippen molar-refractivity contribution in [3.63, 3.8) is 0 Å². The van der Waals surface area contributed by atoms with Crippen molar-refractivity contribution in [1.82, 2.24) is 15.0 Å². The van der Waals surface area contributed by atoms with Crippen molar-refractivity contribution in [3.05, 3.63) is 34.6 Å². The molecular weight excluding hydrogens is 489 g/mol. The van der Waals surface area contributed by atoms with E-state index in [-0.39, 0.29) is 36.6 Å². The predicted octanol–water partition coefficient (Wildman–Crippen LogP) is 2.65. The zero-order valence-corrected chi connectivity index (χ0v) is 17.1. The second-order valence-electron chi connectivity index (χ2n) is 5.32. The van der Waals surface area contributed by atoms with E-state index in [1.165, 1.54) is 0 Å². The topological polar surface area (TPSA) is 89.8 Å². The first-order chi connectivity index (χ1) is 11.1. The van der Waals surface area contributed by atoms with Crippen LogP contribution in [-0.2, 0) is 11.3 Å². The third-order valence-corrected chi connectivity index (χ3v) is 3.99. The van der Waals surface area contributed by atoms with Crippen LogP contribution >= 0.6 is 39.9 Å². The minimum atomic E-state index is 0. The molecule has 2 aromatic rings. The zero-order chi connectivity index (χ0) is 16.2. The molecule has 1 aromatic carbocycles. The number of rotatable bonds is 3. The molecule has 1 aliphatic rings. The van der Waals surface area contributed by atoms with E-state index < -0.39 is 0 Å². The van der Waals surface area contributed by atoms with Gasteiger partial charge in [-0.25, -0.2) is 4.99 Å². The molecule has 1 unspecified atom stereocenters. The summed E-state index contributed by atoms with van der Waals surface area (Å²) in [7, 11) is 0. The molecule has 0 radical (unpaired) electrons. The Kier molecular flexibility index (Phi) is 6.99. The van der Waals surface area contributed by atoms with Crippen LogP contribution in [0.2, 0.25) is 0 Å². The average molecular weight is 508 g/mol. The van der Waals surface area contributed by atoms with Crippen LogP contribution in [-0.4, -0.2) is 46.8 Å². The number of halogens is 2. The lowest BCUT2D eigenvalue weighted by Gasteiger charge is -2.31. The molecule has 0 spiro atoms. The highest BCUT2D eigenvalue weighted by molar-refractivity contribution is 14.0. The first kappa shape index (κ1) is 19.1. The fourth-order valence-corrected chi connectivity index (χ4v) is 2.74. The van der Waals surface area contributed by atoms with Gasteiger partial charge in [-0.2, -0.15) is 4.98 Å². The number of morpholine rings is 1. The summed E-state index contributed by atoms with van der Waals surface area (Å²) in [6.45, 7) is 4.42. The number of hydrogen-bond acceptors (Lipinski definition) is 5. The lowest BCUT2D eigenvalue weighted by Crippen LogP contribution is -2.47. The molecule has 1 aliphatic heterocycles. The summed E-state index contributed by atoms with van der Waals surface area (Å²) in [5, 5.41) is 3.98. The standard InChI is InChI=1S/C15H18BrN5O2.HI/c1-10-9-21(5-6-22-10)15(17)18-8-13-19-14(20-23-13)11-3-2-4-12(16)7-11;/h2-4,7,10H,5-6,8-9H2,1H3,(H2,17,18);1H. The number of hydrogen-bond donors (Lipinski definition) is 1. The molecule has 0 amide bonds. The first-order valence-electron chi connectivity index (χ1n) is 7.37. The van der Waals surface area contributed by atoms with E-state index in [9.17, 15) is 0 Å². The third kappa shape index (κ3) is 4.90. The quantitative estimate of drug-likeness (QED) is 0.390. The van der Waals surface area contributed by atoms with E-state index in [1.54, 1.807) is 0 Å². The van der Waals surface area contributed by atoms with E-state index in [0.717, 1.165) is 23.1 Å². The Morgan fingerprint density at radius 1 is 1.50 bits per heavy atom. The molecule has 3 rings (SSSR count). The van der Waals surface area contributed by atoms with Gasteiger partial charge in [0.2, 0.25) is 11.7 Å². The molecule has 7 nitrogen and oxygen atoms in total. The largest absolute Gasteiger partial charge is 0.375 e. The maximum absolute atomic E-state index is 6.02. The van der Waals surface area contributed by atoms with Gasteiger partial charge < -0.3 is 19.9 Å². The molecule has 0 bridgehead atoms. The molecule has 2 heterocycles. The van der Waals surface area contributed by atoms with Crippen molar-refractivity contribution >= 4 is 45.9 Å². The summed E-state index contributed by atoms with van der Waals surface area (Å²) in [4.78, 5) is 10.7. The number of nitrogens with two attached hydrogens (primary N) is 1. The molecule has 1 atom stereocenters. The van der Waals surface area contributed by atoms with Gasteiger partial charge in [-0.15, -0.1) is 24.0 Å². The van der Waals surface area contributed by atoms with Gasteiger partial charge >= 0.3 is 0 Å². The highest BCUT2D eigenvalue weighted by atomic mass is 127. The van der Waals surface area contributed by atoms with Crippen LogP contribution in [0.1, 0.15) is 12.8 Å². The van der Waals surface area contributed by atoms with Crippen LogP contribution in [0.3, 0.4) is 0 Å². The highest BCUT2D eigenvalue weighted by Gasteiger charge is 2.18. The second-order valence-corrected chi connectivity index (χ2v) is 6.24. The van der Waals surface area contributed by atoms with Crippen LogP contribution in [0.4, 0.5) is 0 Å². The Morgan fingerprint density at radius 3 is 3.08 bits per heavy atom. The van der Waals surface area contributed by atoms with Crippen molar-refractivity contribution in [2.75, 3.05) is 19.7 Å². The Balaban J connectivity index is 0.00000208. The van der Waals surface area contributed by atoms with Crippen molar-refractivity contribution in [2.24, 2.45) is 10.7 Å². The van der Waals surface area contributed by atoms with E-state index in [4.69, 9.17) is 15.0 Å². The van der Waals surface area contributed by atoms with Gasteiger partial charge in [-0.3, -0.25) is 0 Å². The normalized spacial score (nSPS) is 18.3. The maximum atomic E-state index is 6.02. The Morgan fingerprint density at radius 2 is 2.33 bits per heavy atom. The van der Waals surface area contributed by atoms with Crippen LogP contribution < -0.4 is 5.73 Å². The van der Waals surface area contributed by atoms with Crippen LogP contribution in [0.5, 0.6) is 0 Å². The van der Waals surface area contributed by atoms with Gasteiger partial charge in [0.25, 0.3) is 0 Å². The summed E-state index contributed by atoms with van der Waals surface area (Å²) in [6.07, 6.45) is 0.157. The van der Waals surface area contributed by atoms with Gasteiger partial charge in [0.05, 0.1) is 12.7 Å². The fourth-order valence-electron chi connectivity index (χ4n) is 2.34. The van der Waals surface area contributed by atoms with Gasteiger partial charge in [0.15, 0.2) is 5.96 Å². The van der Waals surface area contributed by atoms with Crippen molar-refractivity contribution in [3.8, 4) is 11.4 Å². The van der Waals surface area contributed by atoms with E-state index in [2.05, 4.69) is 31.1 Å². The molecule has 0 saturated carbocycles. The van der Waals surface area contributed by atoms with Gasteiger partial charge in [0.1, 0.15) is 6.54 Å². The van der Waals surface area contributed by atoms with Gasteiger partial charge in [-0.05, 0) is 19.1 Å². The predicted molar refractivity (Wildman–Crippen MR) is 105 cm³/mol. The molecule has 1 aromatic heterocycles. The third-order valence-electron chi connectivity index (χ3n) is 3.49. The molecule has 2 N–H and O–H groups in total. The Bertz CT molecular complexity index is 709. The molecular formula is C15H19BrIN5O2. The van der Waals surface area contributed by atoms with Crippen LogP contribution in [0.15, 0.2) is 38.3 Å². The number of nitrogens with zero attached hydrogens (tertiary/aromatic N) is 4. The summed E-state index contributed by atoms with van der Waals surface area (Å²) in [5.41, 5.74) is 6.90. The number of ether oxygens (including phenoxy) is 1. The summed E-state index contributed by atoms with van der Waals surface area (Å²) < 4.78 is 11.7. The van der Waals surface area contributed by atoms with Crippen LogP contribution in [0.25, 0.3) is 11.4 Å². The minimum absolute atomic E-state index is 0. The minimum Gasteiger partial charge on any atom is -0.375 e. The summed E-state index contributed by atoms with van der Waals surface area (Å²) in [5.74, 6) is 1.45. The number of aromatic nitrogens is 2. The van der Waals surface area contributed by atoms with E-state index >= 15 is 0 Å². The smallest absolute Gasteiger partial charge is 0.248 e. The first-order valence-corrected chi connectivity index (χ1v) is 8.16. The van der Waals surface area contributed by atoms with Crippen molar-refractivity contribution in [1.29, 1.82) is 0 Å². The fraction of sp³-hybridized carbons (Fsp3) is 0.400. The lowest BCUT2D eigenvalue weighted by atomic mass is 10.2. The van der Waals surface area contributed by atoms with E-state index in [1.807, 2.05) is 36.1 Å². The SMILES string of the molecule is CC1CN(C(N)=NCc2nc(-c3cccc(Br)c3)no2)CCO1.I. The van der Waals surface area contributed by atoms with E-state index in [0.29, 0.717) is 24.3 Å². The van der Waals surface area contributed by atoms with Gasteiger partial charge in [-0.1, -0.05) is 33.2 Å². The second kappa shape index (κ2) is 8.77. The highest BCUT2D eigenvalue weighted by Crippen LogP contribution is 2.20. The van der Waals surface area contributed by atoms with Crippen molar-refractivity contribution < 1.29 is 9.26 Å². The maximum Gasteiger partial charge on any atom is 0.248 e. The number of benzene rings is 1. The molecule has 1 fully saturated rings. The van der Waals surface area contributed by atoms with Crippen LogP contribution in [0, 0.1) is 0 Å². The summed E-state index contributed by atoms with van der Waals surface area (Å²) >= 11 is 3.42. The molecule has 1 saturated heterocycles. The summed E-state index contributed by atoms with van der Waals surface area (Å²) in [6, 6.07) is 7.72. The number of guanidine groups is 1. The molecule has 24 heavy (non-hydrogen) atoms. The average Bonchev–Trinajstić information content (AvgIpc) is 3.01. The molecule has 9 heteroatoms. The Hall–Kier alpha value is -1.20. The number of aliphatic imine (C=N–C) groups is 1. The Labute approximate surface area is 165 Å². The monoisotopic (exact) mass is 507 g/mol.